The van der Waals surface area contributed by atoms with Gasteiger partial charge in [0.1, 0.15) is 0 Å². The van der Waals surface area contributed by atoms with Gasteiger partial charge in [0.2, 0.25) is 0 Å². The van der Waals surface area contributed by atoms with Gasteiger partial charge in [0, 0.05) is 24.9 Å². The maximum Gasteiger partial charge on any atom is 0.0445 e. The highest BCUT2D eigenvalue weighted by Crippen LogP contribution is 2.20. The summed E-state index contributed by atoms with van der Waals surface area (Å²) in [5.74, 6) is 0. The Morgan fingerprint density at radius 2 is 2.11 bits per heavy atom. The van der Waals surface area contributed by atoms with E-state index in [9.17, 15) is 0 Å². The molecule has 1 aromatic rings. The van der Waals surface area contributed by atoms with Crippen molar-refractivity contribution in [1.82, 2.24) is 4.90 Å². The smallest absolute Gasteiger partial charge is 0.0445 e. The average Bonchev–Trinajstić information content (AvgIpc) is 2.40. The molecule has 3 nitrogen and oxygen atoms in total. The molecule has 18 heavy (non-hydrogen) atoms. The number of piperidine rings is 1. The van der Waals surface area contributed by atoms with Gasteiger partial charge in [-0.05, 0) is 43.9 Å². The fraction of sp³-hybridized carbons (Fsp3) is 0.600. The number of para-hydroxylation sites is 1. The van der Waals surface area contributed by atoms with Gasteiger partial charge in [0.15, 0.2) is 0 Å². The number of hydrogen-bond donors (Lipinski definition) is 2. The third-order valence-electron chi connectivity index (χ3n) is 3.93. The predicted octanol–water partition coefficient (Wildman–Crippen LogP) is 2.05. The number of rotatable bonds is 5. The van der Waals surface area contributed by atoms with E-state index in [1.54, 1.807) is 0 Å². The number of aliphatic hydroxyl groups excluding tert-OH is 1. The van der Waals surface area contributed by atoms with Gasteiger partial charge >= 0.3 is 0 Å². The molecule has 3 heteroatoms. The molecule has 0 aromatic heterocycles. The number of nitrogens with zero attached hydrogens (tertiary/aromatic N) is 1. The molecule has 0 radical (unpaired) electrons. The molecule has 100 valence electrons. The van der Waals surface area contributed by atoms with Crippen LogP contribution in [-0.2, 0) is 6.42 Å². The van der Waals surface area contributed by atoms with Crippen LogP contribution in [0.2, 0.25) is 0 Å². The molecule has 0 aliphatic carbocycles. The van der Waals surface area contributed by atoms with Crippen molar-refractivity contribution in [3.8, 4) is 0 Å². The van der Waals surface area contributed by atoms with Crippen molar-refractivity contribution in [3.63, 3.8) is 0 Å². The fourth-order valence-corrected chi connectivity index (χ4v) is 2.86. The first-order chi connectivity index (χ1) is 8.81. The average molecular weight is 248 g/mol. The van der Waals surface area contributed by atoms with Gasteiger partial charge in [-0.15, -0.1) is 0 Å². The molecule has 1 aliphatic heterocycles. The van der Waals surface area contributed by atoms with Crippen LogP contribution in [0.3, 0.4) is 0 Å². The summed E-state index contributed by atoms with van der Waals surface area (Å²) in [6.45, 7) is 2.52. The first-order valence-electron chi connectivity index (χ1n) is 6.99. The lowest BCUT2D eigenvalue weighted by molar-refractivity contribution is 0.120. The van der Waals surface area contributed by atoms with E-state index < -0.39 is 0 Å². The molecule has 1 fully saturated rings. The number of aliphatic hydroxyl groups is 1. The minimum absolute atomic E-state index is 0.300. The number of hydrogen-bond acceptors (Lipinski definition) is 3. The third-order valence-corrected chi connectivity index (χ3v) is 3.93. The zero-order valence-corrected chi connectivity index (χ0v) is 11.0. The molecule has 0 spiro atoms. The summed E-state index contributed by atoms with van der Waals surface area (Å²) in [7, 11) is 0. The van der Waals surface area contributed by atoms with Gasteiger partial charge in [-0.2, -0.15) is 0 Å². The number of likely N-dealkylation sites (tertiary alicyclic amines) is 1. The predicted molar refractivity (Wildman–Crippen MR) is 75.5 cm³/mol. The van der Waals surface area contributed by atoms with Crippen molar-refractivity contribution < 1.29 is 5.11 Å². The van der Waals surface area contributed by atoms with E-state index in [1.807, 2.05) is 18.2 Å². The molecule has 2 rings (SSSR count). The lowest BCUT2D eigenvalue weighted by Crippen LogP contribution is -2.41. The van der Waals surface area contributed by atoms with Crippen molar-refractivity contribution in [2.24, 2.45) is 0 Å². The lowest BCUT2D eigenvalue weighted by atomic mass is 9.98. The maximum absolute atomic E-state index is 9.12. The summed E-state index contributed by atoms with van der Waals surface area (Å²) in [5, 5.41) is 9.12. The number of nitrogen functional groups attached to an aromatic ring is 1. The molecule has 0 bridgehead atoms. The molecule has 0 saturated carbocycles. The molecule has 1 unspecified atom stereocenters. The zero-order chi connectivity index (χ0) is 12.8. The van der Waals surface area contributed by atoms with Gasteiger partial charge in [0.25, 0.3) is 0 Å². The highest BCUT2D eigenvalue weighted by molar-refractivity contribution is 5.46. The molecular weight excluding hydrogens is 224 g/mol. The van der Waals surface area contributed by atoms with Crippen LogP contribution < -0.4 is 5.73 Å². The van der Waals surface area contributed by atoms with Crippen LogP contribution in [0.25, 0.3) is 0 Å². The van der Waals surface area contributed by atoms with Crippen molar-refractivity contribution in [2.45, 2.75) is 38.1 Å². The molecule has 1 saturated heterocycles. The van der Waals surface area contributed by atoms with Gasteiger partial charge in [-0.3, -0.25) is 4.90 Å². The second-order valence-electron chi connectivity index (χ2n) is 5.15. The van der Waals surface area contributed by atoms with E-state index in [2.05, 4.69) is 11.0 Å². The van der Waals surface area contributed by atoms with Crippen molar-refractivity contribution >= 4 is 5.69 Å². The van der Waals surface area contributed by atoms with Crippen LogP contribution in [0.4, 0.5) is 5.69 Å². The Labute approximate surface area is 110 Å². The standard InChI is InChI=1S/C15H24N2O/c16-15-7-2-1-5-13(15)8-11-17-10-4-3-6-14(17)9-12-18/h1-2,5,7,14,18H,3-4,6,8-12,16H2. The number of nitrogens with two attached hydrogens (primary N) is 1. The highest BCUT2D eigenvalue weighted by atomic mass is 16.3. The summed E-state index contributed by atoms with van der Waals surface area (Å²) in [4.78, 5) is 2.52. The Hall–Kier alpha value is -1.06. The molecule has 3 N–H and O–H groups in total. The second-order valence-corrected chi connectivity index (χ2v) is 5.15. The van der Waals surface area contributed by atoms with E-state index in [4.69, 9.17) is 10.8 Å². The van der Waals surface area contributed by atoms with E-state index >= 15 is 0 Å². The SMILES string of the molecule is Nc1ccccc1CCN1CCCCC1CCO. The van der Waals surface area contributed by atoms with Crippen LogP contribution in [0.5, 0.6) is 0 Å². The van der Waals surface area contributed by atoms with Crippen LogP contribution in [-0.4, -0.2) is 35.7 Å². The maximum atomic E-state index is 9.12. The summed E-state index contributed by atoms with van der Waals surface area (Å²) in [6, 6.07) is 8.67. The van der Waals surface area contributed by atoms with Crippen LogP contribution >= 0.6 is 0 Å². The second kappa shape index (κ2) is 6.76. The fourth-order valence-electron chi connectivity index (χ4n) is 2.86. The summed E-state index contributed by atoms with van der Waals surface area (Å²) in [6.07, 6.45) is 5.73. The lowest BCUT2D eigenvalue weighted by Gasteiger charge is -2.35. The van der Waals surface area contributed by atoms with Crippen LogP contribution in [0, 0.1) is 0 Å². The zero-order valence-electron chi connectivity index (χ0n) is 11.0. The van der Waals surface area contributed by atoms with Crippen LogP contribution in [0.1, 0.15) is 31.2 Å². The molecule has 1 aromatic carbocycles. The summed E-state index contributed by atoms with van der Waals surface area (Å²) < 4.78 is 0. The Morgan fingerprint density at radius 1 is 1.28 bits per heavy atom. The minimum Gasteiger partial charge on any atom is -0.399 e. The number of benzene rings is 1. The Bertz CT molecular complexity index is 365. The Kier molecular flexibility index (Phi) is 5.02. The monoisotopic (exact) mass is 248 g/mol. The Balaban J connectivity index is 1.89. The first kappa shape index (κ1) is 13.4. The quantitative estimate of drug-likeness (QED) is 0.784. The molecular formula is C15H24N2O. The van der Waals surface area contributed by atoms with Crippen molar-refractivity contribution in [3.05, 3.63) is 29.8 Å². The van der Waals surface area contributed by atoms with Crippen molar-refractivity contribution in [1.29, 1.82) is 0 Å². The molecule has 0 amide bonds. The third kappa shape index (κ3) is 3.47. The normalized spacial score (nSPS) is 21.1. The van der Waals surface area contributed by atoms with Crippen molar-refractivity contribution in [2.75, 3.05) is 25.4 Å². The molecule has 1 aliphatic rings. The van der Waals surface area contributed by atoms with E-state index in [1.165, 1.54) is 24.8 Å². The van der Waals surface area contributed by atoms with Gasteiger partial charge in [-0.1, -0.05) is 24.6 Å². The summed E-state index contributed by atoms with van der Waals surface area (Å²) in [5.41, 5.74) is 8.11. The van der Waals surface area contributed by atoms with E-state index in [0.29, 0.717) is 12.6 Å². The van der Waals surface area contributed by atoms with E-state index in [0.717, 1.165) is 31.6 Å². The Morgan fingerprint density at radius 3 is 2.89 bits per heavy atom. The largest absolute Gasteiger partial charge is 0.399 e. The number of anilines is 1. The van der Waals surface area contributed by atoms with E-state index in [-0.39, 0.29) is 0 Å². The highest BCUT2D eigenvalue weighted by Gasteiger charge is 2.21. The molecule has 1 heterocycles. The molecule has 1 atom stereocenters. The summed E-state index contributed by atoms with van der Waals surface area (Å²) >= 11 is 0. The van der Waals surface area contributed by atoms with Gasteiger partial charge < -0.3 is 10.8 Å². The first-order valence-corrected chi connectivity index (χ1v) is 6.99. The van der Waals surface area contributed by atoms with Gasteiger partial charge in [0.05, 0.1) is 0 Å². The van der Waals surface area contributed by atoms with Crippen LogP contribution in [0.15, 0.2) is 24.3 Å². The van der Waals surface area contributed by atoms with Gasteiger partial charge in [-0.25, -0.2) is 0 Å². The minimum atomic E-state index is 0.300. The topological polar surface area (TPSA) is 49.5 Å².